The maximum atomic E-state index is 14.0. The summed E-state index contributed by atoms with van der Waals surface area (Å²) in [5.74, 6) is -0.861. The monoisotopic (exact) mass is 320 g/mol. The molecule has 1 aliphatic rings. The van der Waals surface area contributed by atoms with Crippen molar-refractivity contribution in [2.24, 2.45) is 4.99 Å². The first-order valence-corrected chi connectivity index (χ1v) is 7.44. The van der Waals surface area contributed by atoms with E-state index in [4.69, 9.17) is 9.47 Å². The minimum absolute atomic E-state index is 0.0503. The molecule has 0 N–H and O–H groups in total. The molecule has 0 aliphatic carbocycles. The molecule has 0 saturated heterocycles. The molecule has 3 rings (SSSR count). The number of halogens is 1. The van der Waals surface area contributed by atoms with Crippen LogP contribution in [0.25, 0.3) is 10.2 Å². The number of hydrogen-bond acceptors (Lipinski definition) is 4. The molecule has 0 spiro atoms. The van der Waals surface area contributed by atoms with Gasteiger partial charge in [0.25, 0.3) is 0 Å². The number of benzene rings is 1. The van der Waals surface area contributed by atoms with Crippen molar-refractivity contribution >= 4 is 27.5 Å². The van der Waals surface area contributed by atoms with Gasteiger partial charge >= 0.3 is 5.91 Å². The Balaban J connectivity index is 2.13. The lowest BCUT2D eigenvalue weighted by atomic mass is 10.3. The van der Waals surface area contributed by atoms with Crippen LogP contribution >= 0.6 is 11.3 Å². The molecule has 2 aromatic rings. The first kappa shape index (κ1) is 14.5. The molecule has 1 aromatic heterocycles. The average Bonchev–Trinajstić information content (AvgIpc) is 2.87. The molecule has 1 aliphatic heterocycles. The Morgan fingerprint density at radius 3 is 3.09 bits per heavy atom. The van der Waals surface area contributed by atoms with Crippen LogP contribution < -0.4 is 4.80 Å². The van der Waals surface area contributed by atoms with Gasteiger partial charge in [-0.25, -0.2) is 4.39 Å². The molecule has 7 heteroatoms. The molecule has 0 unspecified atom stereocenters. The smallest absolute Gasteiger partial charge is 0.317 e. The predicted octanol–water partition coefficient (Wildman–Crippen LogP) is 2.34. The van der Waals surface area contributed by atoms with Crippen molar-refractivity contribution in [1.29, 1.82) is 0 Å². The van der Waals surface area contributed by atoms with Gasteiger partial charge in [0.05, 0.1) is 10.2 Å². The number of carbonyl (C=O) groups excluding carboxylic acids is 1. The second-order valence-corrected chi connectivity index (χ2v) is 5.50. The van der Waals surface area contributed by atoms with Crippen LogP contribution in [0, 0.1) is 5.82 Å². The number of rotatable bonds is 3. The summed E-state index contributed by atoms with van der Waals surface area (Å²) in [6.07, 6.45) is 2.88. The van der Waals surface area contributed by atoms with Gasteiger partial charge in [-0.1, -0.05) is 23.5 Å². The van der Waals surface area contributed by atoms with Crippen LogP contribution in [0.15, 0.2) is 47.9 Å². The van der Waals surface area contributed by atoms with E-state index in [-0.39, 0.29) is 11.6 Å². The molecule has 0 radical (unpaired) electrons. The van der Waals surface area contributed by atoms with E-state index in [2.05, 4.69) is 11.6 Å². The first-order chi connectivity index (χ1) is 10.7. The molecule has 0 fully saturated rings. The highest BCUT2D eigenvalue weighted by molar-refractivity contribution is 7.16. The van der Waals surface area contributed by atoms with Gasteiger partial charge in [0.1, 0.15) is 25.3 Å². The van der Waals surface area contributed by atoms with Gasteiger partial charge in [0.15, 0.2) is 4.80 Å². The van der Waals surface area contributed by atoms with Crippen LogP contribution in [-0.4, -0.2) is 23.7 Å². The number of hydrogen-bond donors (Lipinski definition) is 0. The van der Waals surface area contributed by atoms with Crippen molar-refractivity contribution in [2.45, 2.75) is 6.54 Å². The fourth-order valence-corrected chi connectivity index (χ4v) is 3.15. The number of nitrogens with zero attached hydrogens (tertiary/aromatic N) is 2. The molecule has 0 atom stereocenters. The van der Waals surface area contributed by atoms with Crippen molar-refractivity contribution in [3.05, 3.63) is 53.5 Å². The third kappa shape index (κ3) is 2.67. The van der Waals surface area contributed by atoms with Gasteiger partial charge < -0.3 is 14.0 Å². The fourth-order valence-electron chi connectivity index (χ4n) is 2.09. The van der Waals surface area contributed by atoms with E-state index in [0.29, 0.717) is 34.8 Å². The maximum Gasteiger partial charge on any atom is 0.317 e. The van der Waals surface area contributed by atoms with E-state index in [1.165, 1.54) is 23.7 Å². The third-order valence-electron chi connectivity index (χ3n) is 3.02. The van der Waals surface area contributed by atoms with Crippen molar-refractivity contribution in [3.63, 3.8) is 0 Å². The Labute approximate surface area is 129 Å². The Bertz CT molecular complexity index is 835. The standard InChI is InChI=1S/C15H13FN2O3S/c1-2-6-18-13-10(16)4-3-5-12(13)22-15(18)17-14(19)11-9-20-7-8-21-11/h2-5,9H,1,6-8H2. The number of amides is 1. The Kier molecular flexibility index (Phi) is 4.06. The highest BCUT2D eigenvalue weighted by Crippen LogP contribution is 2.20. The van der Waals surface area contributed by atoms with E-state index < -0.39 is 5.91 Å². The Morgan fingerprint density at radius 2 is 2.36 bits per heavy atom. The number of ether oxygens (including phenoxy) is 2. The van der Waals surface area contributed by atoms with Crippen molar-refractivity contribution in [1.82, 2.24) is 4.57 Å². The fraction of sp³-hybridized carbons (Fsp3) is 0.200. The average molecular weight is 320 g/mol. The highest BCUT2D eigenvalue weighted by Gasteiger charge is 2.16. The van der Waals surface area contributed by atoms with E-state index in [1.54, 1.807) is 22.8 Å². The Morgan fingerprint density at radius 1 is 1.50 bits per heavy atom. The minimum Gasteiger partial charge on any atom is -0.494 e. The lowest BCUT2D eigenvalue weighted by Gasteiger charge is -2.12. The van der Waals surface area contributed by atoms with E-state index >= 15 is 0 Å². The summed E-state index contributed by atoms with van der Waals surface area (Å²) in [6, 6.07) is 4.78. The molecule has 22 heavy (non-hydrogen) atoms. The summed E-state index contributed by atoms with van der Waals surface area (Å²) in [7, 11) is 0. The van der Waals surface area contributed by atoms with Gasteiger partial charge in [-0.2, -0.15) is 4.99 Å². The third-order valence-corrected chi connectivity index (χ3v) is 4.06. The number of fused-ring (bicyclic) bond motifs is 1. The largest absolute Gasteiger partial charge is 0.494 e. The van der Waals surface area contributed by atoms with Crippen LogP contribution in [0.1, 0.15) is 0 Å². The first-order valence-electron chi connectivity index (χ1n) is 6.63. The summed E-state index contributed by atoms with van der Waals surface area (Å²) in [5, 5.41) is 0. The van der Waals surface area contributed by atoms with Crippen LogP contribution in [0.3, 0.4) is 0 Å². The molecule has 5 nitrogen and oxygen atoms in total. The van der Waals surface area contributed by atoms with Crippen molar-refractivity contribution < 1.29 is 18.7 Å². The number of aromatic nitrogens is 1. The topological polar surface area (TPSA) is 52.8 Å². The lowest BCUT2D eigenvalue weighted by molar-refractivity contribution is -0.119. The van der Waals surface area contributed by atoms with Crippen LogP contribution in [0.4, 0.5) is 4.39 Å². The highest BCUT2D eigenvalue weighted by atomic mass is 32.1. The predicted molar refractivity (Wildman–Crippen MR) is 80.5 cm³/mol. The van der Waals surface area contributed by atoms with Crippen LogP contribution in [0.2, 0.25) is 0 Å². The van der Waals surface area contributed by atoms with Crippen LogP contribution in [0.5, 0.6) is 0 Å². The summed E-state index contributed by atoms with van der Waals surface area (Å²) >= 11 is 1.23. The van der Waals surface area contributed by atoms with Crippen molar-refractivity contribution in [3.8, 4) is 0 Å². The quantitative estimate of drug-likeness (QED) is 0.816. The zero-order chi connectivity index (χ0) is 15.5. The summed E-state index contributed by atoms with van der Waals surface area (Å²) in [6.45, 7) is 4.72. The van der Waals surface area contributed by atoms with Gasteiger partial charge in [0.2, 0.25) is 5.76 Å². The van der Waals surface area contributed by atoms with Gasteiger partial charge in [-0.05, 0) is 12.1 Å². The molecule has 0 saturated carbocycles. The van der Waals surface area contributed by atoms with E-state index in [1.807, 2.05) is 0 Å². The molecule has 0 bridgehead atoms. The Hall–Kier alpha value is -2.41. The minimum atomic E-state index is -0.551. The zero-order valence-corrected chi connectivity index (χ0v) is 12.4. The van der Waals surface area contributed by atoms with Gasteiger partial charge in [0, 0.05) is 6.54 Å². The van der Waals surface area contributed by atoms with Crippen molar-refractivity contribution in [2.75, 3.05) is 13.2 Å². The number of para-hydroxylation sites is 1. The zero-order valence-electron chi connectivity index (χ0n) is 11.6. The molecular formula is C15H13FN2O3S. The van der Waals surface area contributed by atoms with Gasteiger partial charge in [-0.15, -0.1) is 6.58 Å². The van der Waals surface area contributed by atoms with Crippen LogP contribution in [-0.2, 0) is 20.8 Å². The second kappa shape index (κ2) is 6.15. The molecule has 114 valence electrons. The van der Waals surface area contributed by atoms with E-state index in [0.717, 1.165) is 0 Å². The van der Waals surface area contributed by atoms with Gasteiger partial charge in [-0.3, -0.25) is 4.79 Å². The normalized spacial score (nSPS) is 15.1. The van der Waals surface area contributed by atoms with E-state index in [9.17, 15) is 9.18 Å². The summed E-state index contributed by atoms with van der Waals surface area (Å²) in [5.41, 5.74) is 0.411. The maximum absolute atomic E-state index is 14.0. The number of allylic oxidation sites excluding steroid dienone is 1. The number of carbonyl (C=O) groups is 1. The molecule has 2 heterocycles. The molecular weight excluding hydrogens is 307 g/mol. The molecule has 1 aromatic carbocycles. The summed E-state index contributed by atoms with van der Waals surface area (Å²) in [4.78, 5) is 16.5. The SMILES string of the molecule is C=CCn1c(=NC(=O)C2=COCCO2)sc2cccc(F)c21. The second-order valence-electron chi connectivity index (χ2n) is 4.49. The lowest BCUT2D eigenvalue weighted by Crippen LogP contribution is -2.20. The summed E-state index contributed by atoms with van der Waals surface area (Å²) < 4.78 is 26.6. The molecule has 1 amide bonds. The number of thiazole rings is 1.